The Hall–Kier alpha value is -4.65. The Morgan fingerprint density at radius 2 is 1.95 bits per heavy atom. The third kappa shape index (κ3) is 6.47. The molecule has 232 valence electrons. The lowest BCUT2D eigenvalue weighted by molar-refractivity contribution is -0.0681. The predicted octanol–water partition coefficient (Wildman–Crippen LogP) is 4.56. The second-order valence-electron chi connectivity index (χ2n) is 11.9. The van der Waals surface area contributed by atoms with Crippen molar-refractivity contribution in [1.82, 2.24) is 40.3 Å². The van der Waals surface area contributed by atoms with Crippen LogP contribution in [0.3, 0.4) is 0 Å². The number of nitrogens with one attached hydrogen (secondary N) is 1. The monoisotopic (exact) mass is 601 g/mol. The van der Waals surface area contributed by atoms with Crippen LogP contribution < -0.4 is 10.2 Å². The van der Waals surface area contributed by atoms with Gasteiger partial charge in [-0.2, -0.15) is 5.10 Å². The van der Waals surface area contributed by atoms with E-state index in [2.05, 4.69) is 30.8 Å². The zero-order chi connectivity index (χ0) is 31.4. The van der Waals surface area contributed by atoms with Crippen LogP contribution in [0.15, 0.2) is 48.8 Å². The highest BCUT2D eigenvalue weighted by molar-refractivity contribution is 6.06. The Balaban J connectivity index is 1.43. The Kier molecular flexibility index (Phi) is 9.04. The number of carbonyl (C=O) groups excluding carboxylic acids is 2. The lowest BCUT2D eigenvalue weighted by atomic mass is 9.94. The molecule has 44 heavy (non-hydrogen) atoms. The molecule has 4 heterocycles. The number of pyridine rings is 1. The van der Waals surface area contributed by atoms with E-state index in [0.29, 0.717) is 29.4 Å². The van der Waals surface area contributed by atoms with Crippen LogP contribution in [0, 0.1) is 12.3 Å². The molecule has 1 saturated heterocycles. The summed E-state index contributed by atoms with van der Waals surface area (Å²) >= 11 is 0. The van der Waals surface area contributed by atoms with Gasteiger partial charge in [-0.05, 0) is 67.8 Å². The average molecular weight is 602 g/mol. The van der Waals surface area contributed by atoms with E-state index in [0.717, 1.165) is 36.1 Å². The number of amides is 1. The van der Waals surface area contributed by atoms with E-state index in [4.69, 9.17) is 9.47 Å². The number of benzene rings is 1. The van der Waals surface area contributed by atoms with Crippen LogP contribution in [0.2, 0.25) is 0 Å². The molecule has 1 N–H and O–H groups in total. The van der Waals surface area contributed by atoms with Crippen molar-refractivity contribution in [2.75, 3.05) is 24.6 Å². The number of piperidine rings is 1. The number of nitrogens with zero attached hydrogens (tertiary/aromatic N) is 8. The van der Waals surface area contributed by atoms with E-state index in [1.165, 1.54) is 4.80 Å². The van der Waals surface area contributed by atoms with E-state index in [1.54, 1.807) is 31.0 Å². The number of hydrogen-bond donors (Lipinski definition) is 1. The van der Waals surface area contributed by atoms with Crippen molar-refractivity contribution in [3.8, 4) is 22.6 Å². The fraction of sp³-hybridized carbons (Fsp3) is 0.452. The molecule has 0 saturated carbocycles. The standard InChI is InChI=1S/C31H39N9O4/c1-7-43-30(42)44-29(31(3,4)5)40-36-26(35-37-40)25-24(19-34-38(25)6)21-12-14-22(15-13-21)28(41)39(23-11-9-16-32-18-23)27-20(2)10-8-17-33-27/h8,10,12-15,17,19,23,29,32H,7,9,11,16,18H2,1-6H3. The highest BCUT2D eigenvalue weighted by Gasteiger charge is 2.34. The Labute approximate surface area is 256 Å². The number of tetrazole rings is 1. The minimum absolute atomic E-state index is 0.00729. The van der Waals surface area contributed by atoms with Gasteiger partial charge in [0.15, 0.2) is 0 Å². The van der Waals surface area contributed by atoms with Crippen molar-refractivity contribution in [2.45, 2.75) is 59.7 Å². The van der Waals surface area contributed by atoms with Gasteiger partial charge in [0.2, 0.25) is 12.1 Å². The summed E-state index contributed by atoms with van der Waals surface area (Å²) in [7, 11) is 1.79. The van der Waals surface area contributed by atoms with Crippen LogP contribution in [0.1, 0.15) is 62.7 Å². The van der Waals surface area contributed by atoms with Gasteiger partial charge in [-0.15, -0.1) is 15.0 Å². The minimum Gasteiger partial charge on any atom is -0.435 e. The zero-order valence-corrected chi connectivity index (χ0v) is 26.0. The van der Waals surface area contributed by atoms with Crippen molar-refractivity contribution in [1.29, 1.82) is 0 Å². The first kappa shape index (κ1) is 30.8. The van der Waals surface area contributed by atoms with Crippen LogP contribution in [-0.4, -0.2) is 72.8 Å². The molecule has 1 aromatic carbocycles. The van der Waals surface area contributed by atoms with Gasteiger partial charge in [0.25, 0.3) is 5.91 Å². The number of hydrogen-bond acceptors (Lipinski definition) is 10. The Bertz CT molecular complexity index is 1600. The maximum atomic E-state index is 14.0. The normalized spacial score (nSPS) is 15.9. The van der Waals surface area contributed by atoms with Crippen molar-refractivity contribution in [3.05, 3.63) is 59.9 Å². The molecule has 13 nitrogen and oxygen atoms in total. The van der Waals surface area contributed by atoms with Crippen LogP contribution in [0.4, 0.5) is 10.6 Å². The number of aryl methyl sites for hydroxylation is 2. The van der Waals surface area contributed by atoms with Gasteiger partial charge in [0.1, 0.15) is 11.5 Å². The summed E-state index contributed by atoms with van der Waals surface area (Å²) in [5, 5.41) is 20.9. The summed E-state index contributed by atoms with van der Waals surface area (Å²) < 4.78 is 12.2. The van der Waals surface area contributed by atoms with E-state index in [1.807, 2.05) is 69.0 Å². The van der Waals surface area contributed by atoms with Crippen molar-refractivity contribution in [3.63, 3.8) is 0 Å². The molecule has 13 heteroatoms. The highest BCUT2D eigenvalue weighted by Crippen LogP contribution is 2.34. The van der Waals surface area contributed by atoms with Crippen molar-refractivity contribution >= 4 is 17.9 Å². The average Bonchev–Trinajstić information content (AvgIpc) is 3.63. The lowest BCUT2D eigenvalue weighted by Gasteiger charge is -2.34. The molecular formula is C31H39N9O4. The second-order valence-corrected chi connectivity index (χ2v) is 11.9. The van der Waals surface area contributed by atoms with E-state index in [-0.39, 0.29) is 18.6 Å². The quantitative estimate of drug-likeness (QED) is 0.286. The fourth-order valence-electron chi connectivity index (χ4n) is 5.30. The Morgan fingerprint density at radius 3 is 2.61 bits per heavy atom. The summed E-state index contributed by atoms with van der Waals surface area (Å²) in [5.74, 6) is 0.890. The number of anilines is 1. The highest BCUT2D eigenvalue weighted by atomic mass is 16.7. The van der Waals surface area contributed by atoms with Gasteiger partial charge >= 0.3 is 6.16 Å². The molecule has 1 amide bonds. The molecule has 0 radical (unpaired) electrons. The molecule has 0 spiro atoms. The maximum absolute atomic E-state index is 14.0. The zero-order valence-electron chi connectivity index (χ0n) is 26.0. The predicted molar refractivity (Wildman–Crippen MR) is 164 cm³/mol. The first-order valence-electron chi connectivity index (χ1n) is 14.8. The summed E-state index contributed by atoms with van der Waals surface area (Å²) in [4.78, 5) is 33.8. The van der Waals surface area contributed by atoms with Crippen LogP contribution >= 0.6 is 0 Å². The minimum atomic E-state index is -0.852. The number of aromatic nitrogens is 7. The van der Waals surface area contributed by atoms with Crippen molar-refractivity contribution in [2.24, 2.45) is 12.5 Å². The summed E-state index contributed by atoms with van der Waals surface area (Å²) in [6, 6.07) is 11.3. The van der Waals surface area contributed by atoms with E-state index >= 15 is 0 Å². The number of ether oxygens (including phenoxy) is 2. The molecule has 4 aromatic rings. The van der Waals surface area contributed by atoms with Crippen molar-refractivity contribution < 1.29 is 19.1 Å². The van der Waals surface area contributed by atoms with Crippen LogP contribution in [-0.2, 0) is 16.5 Å². The third-order valence-electron chi connectivity index (χ3n) is 7.51. The molecule has 2 atom stereocenters. The first-order chi connectivity index (χ1) is 21.1. The molecule has 5 rings (SSSR count). The maximum Gasteiger partial charge on any atom is 0.510 e. The summed E-state index contributed by atoms with van der Waals surface area (Å²) in [6.45, 7) is 11.2. The number of rotatable bonds is 8. The van der Waals surface area contributed by atoms with Gasteiger partial charge in [-0.1, -0.05) is 39.0 Å². The first-order valence-corrected chi connectivity index (χ1v) is 14.8. The van der Waals surface area contributed by atoms with Crippen LogP contribution in [0.5, 0.6) is 0 Å². The largest absolute Gasteiger partial charge is 0.510 e. The molecular weight excluding hydrogens is 562 g/mol. The molecule has 1 aliphatic rings. The number of carbonyl (C=O) groups is 2. The molecule has 1 fully saturated rings. The molecule has 3 aromatic heterocycles. The summed E-state index contributed by atoms with van der Waals surface area (Å²) in [5.41, 5.74) is 3.18. The van der Waals surface area contributed by atoms with Gasteiger partial charge < -0.3 is 14.8 Å². The van der Waals surface area contributed by atoms with E-state index < -0.39 is 17.8 Å². The van der Waals surface area contributed by atoms with Gasteiger partial charge in [0, 0.05) is 36.3 Å². The fourth-order valence-corrected chi connectivity index (χ4v) is 5.30. The molecule has 0 bridgehead atoms. The van der Waals surface area contributed by atoms with E-state index in [9.17, 15) is 9.59 Å². The SMILES string of the molecule is CCOC(=O)OC(n1nnc(-c2c(-c3ccc(C(=O)N(c4ncccc4C)C4CCCNC4)cc3)cnn2C)n1)C(C)(C)C. The smallest absolute Gasteiger partial charge is 0.435 e. The lowest BCUT2D eigenvalue weighted by Crippen LogP contribution is -2.49. The van der Waals surface area contributed by atoms with Gasteiger partial charge in [-0.3, -0.25) is 14.4 Å². The molecule has 2 unspecified atom stereocenters. The summed E-state index contributed by atoms with van der Waals surface area (Å²) in [6.07, 6.45) is 3.69. The topological polar surface area (TPSA) is 142 Å². The molecule has 1 aliphatic heterocycles. The van der Waals surface area contributed by atoms with Crippen LogP contribution in [0.25, 0.3) is 22.6 Å². The van der Waals surface area contributed by atoms with Gasteiger partial charge in [0.05, 0.1) is 18.8 Å². The third-order valence-corrected chi connectivity index (χ3v) is 7.51. The van der Waals surface area contributed by atoms with Gasteiger partial charge in [-0.25, -0.2) is 9.78 Å². The second kappa shape index (κ2) is 12.9. The molecule has 0 aliphatic carbocycles. The Morgan fingerprint density at radius 1 is 1.18 bits per heavy atom.